The second-order valence-corrected chi connectivity index (χ2v) is 7.75. The molecule has 2 fully saturated rings. The summed E-state index contributed by atoms with van der Waals surface area (Å²) in [7, 11) is 0. The van der Waals surface area contributed by atoms with Crippen LogP contribution in [0.4, 0.5) is 0 Å². The van der Waals surface area contributed by atoms with E-state index in [4.69, 9.17) is 0 Å². The molecule has 2 aliphatic rings. The van der Waals surface area contributed by atoms with E-state index in [1.807, 2.05) is 0 Å². The van der Waals surface area contributed by atoms with Crippen LogP contribution in [-0.4, -0.2) is 12.1 Å². The molecule has 0 aromatic rings. The summed E-state index contributed by atoms with van der Waals surface area (Å²) >= 11 is 0. The highest BCUT2D eigenvalue weighted by Gasteiger charge is 2.30. The molecule has 2 atom stereocenters. The third-order valence-corrected chi connectivity index (χ3v) is 5.94. The first-order chi connectivity index (χ1) is 9.72. The predicted octanol–water partition coefficient (Wildman–Crippen LogP) is 5.54. The van der Waals surface area contributed by atoms with E-state index in [2.05, 4.69) is 26.1 Å². The minimum absolute atomic E-state index is 0.766. The van der Waals surface area contributed by atoms with Gasteiger partial charge in [0.05, 0.1) is 0 Å². The molecule has 1 N–H and O–H groups in total. The maximum Gasteiger partial charge on any atom is 0.0121 e. The van der Waals surface area contributed by atoms with E-state index in [0.717, 1.165) is 29.8 Å². The van der Waals surface area contributed by atoms with Crippen molar-refractivity contribution in [2.45, 2.75) is 103 Å². The highest BCUT2D eigenvalue weighted by atomic mass is 15.0. The van der Waals surface area contributed by atoms with Crippen molar-refractivity contribution in [2.75, 3.05) is 0 Å². The van der Waals surface area contributed by atoms with Gasteiger partial charge in [0.25, 0.3) is 0 Å². The average Bonchev–Trinajstić information content (AvgIpc) is 2.50. The van der Waals surface area contributed by atoms with Crippen LogP contribution in [0.3, 0.4) is 0 Å². The number of rotatable bonds is 6. The van der Waals surface area contributed by atoms with Crippen LogP contribution in [0.15, 0.2) is 0 Å². The molecule has 2 unspecified atom stereocenters. The van der Waals surface area contributed by atoms with Gasteiger partial charge in [-0.05, 0) is 49.9 Å². The van der Waals surface area contributed by atoms with Crippen molar-refractivity contribution in [3.63, 3.8) is 0 Å². The first-order valence-electron chi connectivity index (χ1n) is 9.48. The third kappa shape index (κ3) is 4.48. The van der Waals surface area contributed by atoms with Crippen LogP contribution < -0.4 is 5.32 Å². The highest BCUT2D eigenvalue weighted by molar-refractivity contribution is 4.87. The molecule has 2 rings (SSSR count). The van der Waals surface area contributed by atoms with Gasteiger partial charge in [0.15, 0.2) is 0 Å². The van der Waals surface area contributed by atoms with Crippen LogP contribution >= 0.6 is 0 Å². The molecule has 0 spiro atoms. The Balaban J connectivity index is 1.93. The molecule has 0 heterocycles. The fourth-order valence-electron chi connectivity index (χ4n) is 4.74. The summed E-state index contributed by atoms with van der Waals surface area (Å²) in [5.41, 5.74) is 0. The fourth-order valence-corrected chi connectivity index (χ4v) is 4.74. The zero-order chi connectivity index (χ0) is 14.4. The molecule has 2 aliphatic carbocycles. The van der Waals surface area contributed by atoms with Crippen molar-refractivity contribution in [2.24, 2.45) is 17.8 Å². The Bertz CT molecular complexity index is 248. The molecular weight excluding hydrogens is 242 g/mol. The van der Waals surface area contributed by atoms with E-state index in [0.29, 0.717) is 0 Å². The van der Waals surface area contributed by atoms with Crippen LogP contribution in [0.1, 0.15) is 91.4 Å². The summed E-state index contributed by atoms with van der Waals surface area (Å²) in [6.07, 6.45) is 16.0. The van der Waals surface area contributed by atoms with Gasteiger partial charge in [0.2, 0.25) is 0 Å². The van der Waals surface area contributed by atoms with Gasteiger partial charge in [0, 0.05) is 12.1 Å². The largest absolute Gasteiger partial charge is 0.310 e. The average molecular weight is 280 g/mol. The van der Waals surface area contributed by atoms with Crippen LogP contribution in [0.25, 0.3) is 0 Å². The molecule has 0 bridgehead atoms. The topological polar surface area (TPSA) is 12.0 Å². The molecule has 0 aromatic carbocycles. The van der Waals surface area contributed by atoms with Crippen LogP contribution in [0.5, 0.6) is 0 Å². The van der Waals surface area contributed by atoms with Crippen LogP contribution in [0, 0.1) is 17.8 Å². The van der Waals surface area contributed by atoms with Crippen molar-refractivity contribution in [3.8, 4) is 0 Å². The van der Waals surface area contributed by atoms with E-state index < -0.39 is 0 Å². The number of hydrogen-bond acceptors (Lipinski definition) is 1. The summed E-state index contributed by atoms with van der Waals surface area (Å²) in [5, 5.41) is 4.14. The quantitative estimate of drug-likeness (QED) is 0.673. The molecule has 1 nitrogen and oxygen atoms in total. The Kier molecular flexibility index (Phi) is 6.87. The van der Waals surface area contributed by atoms with Crippen LogP contribution in [-0.2, 0) is 0 Å². The first-order valence-corrected chi connectivity index (χ1v) is 9.48. The summed E-state index contributed by atoms with van der Waals surface area (Å²) in [4.78, 5) is 0. The number of nitrogens with one attached hydrogen (secondary N) is 1. The van der Waals surface area contributed by atoms with Gasteiger partial charge in [-0.2, -0.15) is 0 Å². The lowest BCUT2D eigenvalue weighted by Crippen LogP contribution is -2.49. The molecular formula is C19H37N. The zero-order valence-electron chi connectivity index (χ0n) is 14.2. The highest BCUT2D eigenvalue weighted by Crippen LogP contribution is 2.32. The Morgan fingerprint density at radius 3 is 1.75 bits per heavy atom. The zero-order valence-corrected chi connectivity index (χ0v) is 14.2. The van der Waals surface area contributed by atoms with Gasteiger partial charge < -0.3 is 5.32 Å². The normalized spacial score (nSPS) is 25.8. The van der Waals surface area contributed by atoms with Crippen molar-refractivity contribution in [3.05, 3.63) is 0 Å². The van der Waals surface area contributed by atoms with Gasteiger partial charge >= 0.3 is 0 Å². The lowest BCUT2D eigenvalue weighted by molar-refractivity contribution is 0.168. The van der Waals surface area contributed by atoms with Crippen molar-refractivity contribution >= 4 is 0 Å². The minimum Gasteiger partial charge on any atom is -0.310 e. The summed E-state index contributed by atoms with van der Waals surface area (Å²) in [6, 6.07) is 1.55. The maximum atomic E-state index is 4.14. The van der Waals surface area contributed by atoms with Gasteiger partial charge in [-0.3, -0.25) is 0 Å². The van der Waals surface area contributed by atoms with Crippen LogP contribution in [0.2, 0.25) is 0 Å². The molecule has 20 heavy (non-hydrogen) atoms. The van der Waals surface area contributed by atoms with Crippen molar-refractivity contribution < 1.29 is 0 Å². The Morgan fingerprint density at radius 1 is 0.800 bits per heavy atom. The third-order valence-electron chi connectivity index (χ3n) is 5.94. The Labute approximate surface area is 127 Å². The Morgan fingerprint density at radius 2 is 1.30 bits per heavy atom. The van der Waals surface area contributed by atoms with Gasteiger partial charge in [-0.15, -0.1) is 0 Å². The molecule has 2 saturated carbocycles. The summed E-state index contributed by atoms with van der Waals surface area (Å²) in [5.74, 6) is 2.69. The SMILES string of the molecule is CCC(NC(C(C)C)C1CCCCC1)C1CCCCC1. The first kappa shape index (κ1) is 16.3. The van der Waals surface area contributed by atoms with E-state index in [9.17, 15) is 0 Å². The molecule has 1 heteroatoms. The second kappa shape index (κ2) is 8.41. The van der Waals surface area contributed by atoms with Gasteiger partial charge in [-0.1, -0.05) is 59.3 Å². The molecule has 0 aromatic heterocycles. The molecule has 0 amide bonds. The second-order valence-electron chi connectivity index (χ2n) is 7.75. The monoisotopic (exact) mass is 279 g/mol. The lowest BCUT2D eigenvalue weighted by Gasteiger charge is -2.39. The van der Waals surface area contributed by atoms with Gasteiger partial charge in [-0.25, -0.2) is 0 Å². The molecule has 0 radical (unpaired) electrons. The summed E-state index contributed by atoms with van der Waals surface area (Å²) in [6.45, 7) is 7.25. The minimum atomic E-state index is 0.766. The maximum absolute atomic E-state index is 4.14. The smallest absolute Gasteiger partial charge is 0.0121 e. The lowest BCUT2D eigenvalue weighted by atomic mass is 9.77. The molecule has 118 valence electrons. The number of hydrogen-bond donors (Lipinski definition) is 1. The predicted molar refractivity (Wildman–Crippen MR) is 89.0 cm³/mol. The van der Waals surface area contributed by atoms with Crippen molar-refractivity contribution in [1.29, 1.82) is 0 Å². The Hall–Kier alpha value is -0.0400. The molecule has 0 saturated heterocycles. The van der Waals surface area contributed by atoms with E-state index in [1.54, 1.807) is 0 Å². The molecule has 0 aliphatic heterocycles. The van der Waals surface area contributed by atoms with Crippen molar-refractivity contribution in [1.82, 2.24) is 5.32 Å². The summed E-state index contributed by atoms with van der Waals surface area (Å²) < 4.78 is 0. The van der Waals surface area contributed by atoms with Gasteiger partial charge in [0.1, 0.15) is 0 Å². The van der Waals surface area contributed by atoms with E-state index in [-0.39, 0.29) is 0 Å². The van der Waals surface area contributed by atoms with E-state index >= 15 is 0 Å². The standard InChI is InChI=1S/C19H37N/c1-4-18(16-11-7-5-8-12-16)20-19(15(2)3)17-13-9-6-10-14-17/h15-20H,4-14H2,1-3H3. The fraction of sp³-hybridized carbons (Fsp3) is 1.00. The van der Waals surface area contributed by atoms with E-state index in [1.165, 1.54) is 70.6 Å².